The highest BCUT2D eigenvalue weighted by Crippen LogP contribution is 2.30. The first-order valence-corrected chi connectivity index (χ1v) is 4.12. The number of aromatic nitrogens is 2. The molecule has 0 aromatic heterocycles. The summed E-state index contributed by atoms with van der Waals surface area (Å²) in [6, 6.07) is 1.52. The molecule has 7 heteroatoms. The maximum absolute atomic E-state index is 9.12. The van der Waals surface area contributed by atoms with Gasteiger partial charge in [0, 0.05) is 5.56 Å². The third-order valence-corrected chi connectivity index (χ3v) is 2.21. The van der Waals surface area contributed by atoms with Crippen LogP contribution >= 0.6 is 0 Å². The van der Waals surface area contributed by atoms with Crippen LogP contribution in [0.5, 0.6) is 0 Å². The lowest BCUT2D eigenvalue weighted by molar-refractivity contribution is 0.144. The minimum atomic E-state index is -0.0416. The molecule has 0 radical (unpaired) electrons. The first-order valence-electron chi connectivity index (χ1n) is 4.12. The Morgan fingerprint density at radius 2 is 1.87 bits per heavy atom. The number of anilines is 3. The monoisotopic (exact) mass is 206 g/mol. The minimum absolute atomic E-state index is 0.0416. The molecule has 0 atom stereocenters. The van der Waals surface area contributed by atoms with Gasteiger partial charge in [-0.3, -0.25) is 5.41 Å². The number of benzene rings is 1. The molecule has 1 aliphatic carbocycles. The van der Waals surface area contributed by atoms with Gasteiger partial charge in [0.15, 0.2) is 0 Å². The van der Waals surface area contributed by atoms with Gasteiger partial charge in [-0.05, 0) is 6.07 Å². The van der Waals surface area contributed by atoms with Crippen molar-refractivity contribution in [2.45, 2.75) is 0 Å². The fraction of sp³-hybridized carbons (Fsp3) is 0. The van der Waals surface area contributed by atoms with Crippen molar-refractivity contribution in [1.82, 2.24) is 9.94 Å². The second-order valence-electron chi connectivity index (χ2n) is 3.11. The number of hydrogen-bond donors (Lipinski definition) is 5. The van der Waals surface area contributed by atoms with Crippen molar-refractivity contribution in [2.75, 3.05) is 17.2 Å². The Hall–Kier alpha value is -2.44. The Labute approximate surface area is 84.5 Å². The zero-order valence-corrected chi connectivity index (χ0v) is 7.73. The maximum atomic E-state index is 9.12. The fourth-order valence-corrected chi connectivity index (χ4v) is 1.36. The molecule has 0 bridgehead atoms. The molecule has 0 amide bonds. The molecule has 1 aliphatic heterocycles. The molecule has 2 rings (SSSR count). The number of hydrogen-bond acceptors (Lipinski definition) is 6. The van der Waals surface area contributed by atoms with Gasteiger partial charge in [0.05, 0.1) is 23.3 Å². The van der Waals surface area contributed by atoms with Crippen LogP contribution in [-0.2, 0) is 0 Å². The lowest BCUT2D eigenvalue weighted by Gasteiger charge is -2.13. The highest BCUT2D eigenvalue weighted by molar-refractivity contribution is 5.91. The molecular weight excluding hydrogens is 196 g/mol. The summed E-state index contributed by atoms with van der Waals surface area (Å²) in [6.07, 6.45) is 1.30. The highest BCUT2D eigenvalue weighted by atomic mass is 16.5. The summed E-state index contributed by atoms with van der Waals surface area (Å²) in [4.78, 5) is 0.593. The third-order valence-electron chi connectivity index (χ3n) is 2.21. The van der Waals surface area contributed by atoms with Crippen LogP contribution in [0.2, 0.25) is 0 Å². The van der Waals surface area contributed by atoms with E-state index in [0.717, 1.165) is 0 Å². The van der Waals surface area contributed by atoms with E-state index in [1.54, 1.807) is 0 Å². The Balaban J connectivity index is 3.01. The van der Waals surface area contributed by atoms with E-state index in [9.17, 15) is 0 Å². The van der Waals surface area contributed by atoms with Crippen molar-refractivity contribution >= 4 is 17.1 Å². The molecule has 0 unspecified atom stereocenters. The molecule has 1 heterocycles. The second kappa shape index (κ2) is 2.77. The normalized spacial score (nSPS) is 10.7. The predicted molar refractivity (Wildman–Crippen MR) is 55.1 cm³/mol. The van der Waals surface area contributed by atoms with Crippen LogP contribution in [-0.4, -0.2) is 15.2 Å². The third kappa shape index (κ3) is 1.13. The molecule has 78 valence electrons. The average molecular weight is 206 g/mol. The Morgan fingerprint density at radius 3 is 2.53 bits per heavy atom. The number of nitrogen functional groups attached to an aromatic ring is 3. The van der Waals surface area contributed by atoms with Crippen LogP contribution in [0.15, 0.2) is 12.3 Å². The predicted octanol–water partition coefficient (Wildman–Crippen LogP) is -0.549. The molecule has 0 fully saturated rings. The average Bonchev–Trinajstić information content (AvgIpc) is 2.23. The number of rotatable bonds is 0. The lowest BCUT2D eigenvalue weighted by Crippen LogP contribution is -2.20. The van der Waals surface area contributed by atoms with Gasteiger partial charge in [-0.1, -0.05) is 0 Å². The van der Waals surface area contributed by atoms with Crippen molar-refractivity contribution < 1.29 is 5.21 Å². The number of nitrogens with one attached hydrogen (secondary N) is 1. The van der Waals surface area contributed by atoms with E-state index >= 15 is 0 Å². The zero-order valence-electron chi connectivity index (χ0n) is 7.73. The smallest absolute Gasteiger partial charge is 0.123 e. The minimum Gasteiger partial charge on any atom is -0.412 e. The summed E-state index contributed by atoms with van der Waals surface area (Å²) in [5, 5.41) is 20.5. The van der Waals surface area contributed by atoms with Gasteiger partial charge >= 0.3 is 0 Å². The molecule has 7 nitrogen and oxygen atoms in total. The van der Waals surface area contributed by atoms with Gasteiger partial charge in [0.1, 0.15) is 11.1 Å². The van der Waals surface area contributed by atoms with Gasteiger partial charge in [-0.25, -0.2) is 0 Å². The Bertz CT molecular complexity index is 560. The quantitative estimate of drug-likeness (QED) is 0.290. The van der Waals surface area contributed by atoms with Crippen molar-refractivity contribution in [2.24, 2.45) is 0 Å². The van der Waals surface area contributed by atoms with Crippen LogP contribution in [0.25, 0.3) is 11.3 Å². The number of nitrogens with zero attached hydrogens (tertiary/aromatic N) is 2. The van der Waals surface area contributed by atoms with Gasteiger partial charge in [0.2, 0.25) is 0 Å². The van der Waals surface area contributed by atoms with E-state index in [4.69, 9.17) is 27.8 Å². The summed E-state index contributed by atoms with van der Waals surface area (Å²) < 4.78 is 0. The van der Waals surface area contributed by atoms with E-state index in [0.29, 0.717) is 10.4 Å². The van der Waals surface area contributed by atoms with Gasteiger partial charge < -0.3 is 22.4 Å². The molecule has 0 saturated heterocycles. The van der Waals surface area contributed by atoms with E-state index in [2.05, 4.69) is 5.10 Å². The van der Waals surface area contributed by atoms with Crippen LogP contribution < -0.4 is 22.6 Å². The van der Waals surface area contributed by atoms with E-state index < -0.39 is 0 Å². The summed E-state index contributed by atoms with van der Waals surface area (Å²) in [5.41, 5.74) is 18.1. The van der Waals surface area contributed by atoms with Crippen LogP contribution in [0, 0.1) is 5.41 Å². The molecule has 2 aliphatic rings. The van der Waals surface area contributed by atoms with Crippen molar-refractivity contribution in [1.29, 1.82) is 5.41 Å². The Kier molecular flexibility index (Phi) is 1.69. The molecule has 0 aromatic carbocycles. The van der Waals surface area contributed by atoms with E-state index in [1.807, 2.05) is 0 Å². The van der Waals surface area contributed by atoms with E-state index in [1.165, 1.54) is 12.3 Å². The first-order chi connectivity index (χ1) is 7.02. The summed E-state index contributed by atoms with van der Waals surface area (Å²) in [5.74, 6) is 0. The van der Waals surface area contributed by atoms with E-state index in [-0.39, 0.29) is 28.1 Å². The summed E-state index contributed by atoms with van der Waals surface area (Å²) in [6.45, 7) is 0. The van der Waals surface area contributed by atoms with Crippen molar-refractivity contribution in [3.63, 3.8) is 0 Å². The number of fused-ring (bicyclic) bond motifs is 1. The largest absolute Gasteiger partial charge is 0.412 e. The van der Waals surface area contributed by atoms with Crippen LogP contribution in [0.1, 0.15) is 0 Å². The van der Waals surface area contributed by atoms with Crippen LogP contribution in [0.4, 0.5) is 17.1 Å². The maximum Gasteiger partial charge on any atom is 0.123 e. The molecular formula is C8H10N6O. The summed E-state index contributed by atoms with van der Waals surface area (Å²) in [7, 11) is 0. The fourth-order valence-electron chi connectivity index (χ4n) is 1.36. The first kappa shape index (κ1) is 9.13. The van der Waals surface area contributed by atoms with Crippen molar-refractivity contribution in [3.05, 3.63) is 17.6 Å². The van der Waals surface area contributed by atoms with Gasteiger partial charge in [0.25, 0.3) is 0 Å². The second-order valence-corrected chi connectivity index (χ2v) is 3.11. The molecule has 8 N–H and O–H groups in total. The van der Waals surface area contributed by atoms with Gasteiger partial charge in [-0.2, -0.15) is 0 Å². The van der Waals surface area contributed by atoms with Gasteiger partial charge in [-0.15, -0.1) is 9.94 Å². The zero-order chi connectivity index (χ0) is 11.2. The van der Waals surface area contributed by atoms with Crippen molar-refractivity contribution in [3.8, 4) is 11.3 Å². The molecule has 0 saturated carbocycles. The molecule has 0 spiro atoms. The Morgan fingerprint density at radius 1 is 1.20 bits per heavy atom. The lowest BCUT2D eigenvalue weighted by atomic mass is 10.0. The topological polar surface area (TPSA) is 140 Å². The number of nitrogens with two attached hydrogens (primary N) is 3. The summed E-state index contributed by atoms with van der Waals surface area (Å²) >= 11 is 0. The van der Waals surface area contributed by atoms with Crippen LogP contribution in [0.3, 0.4) is 0 Å². The highest BCUT2D eigenvalue weighted by Gasteiger charge is 2.16. The molecule has 15 heavy (non-hydrogen) atoms. The standard InChI is InChI=1S/C8H10N6O/c9-4-3-1-2-14(15)13-8(3)7(12)6(11)5(4)10/h1-2,12,15H,9-11H2. The molecule has 0 aromatic rings. The SMILES string of the molecule is N=c1c2nn(O)ccc-2c(N)c(N)c1N.